The summed E-state index contributed by atoms with van der Waals surface area (Å²) < 4.78 is 27.5. The molecule has 0 aromatic heterocycles. The molecule has 0 amide bonds. The summed E-state index contributed by atoms with van der Waals surface area (Å²) in [6, 6.07) is 7.51. The summed E-state index contributed by atoms with van der Waals surface area (Å²) in [6.45, 7) is 2.08. The quantitative estimate of drug-likeness (QED) is 0.845. The molecule has 5 nitrogen and oxygen atoms in total. The van der Waals surface area contributed by atoms with Crippen LogP contribution in [0.4, 0.5) is 0 Å². The van der Waals surface area contributed by atoms with E-state index in [-0.39, 0.29) is 18.4 Å². The SMILES string of the molecule is O=S(=O)(Cc1ccc(CO)cc1)NC1CCN2CCCC12. The highest BCUT2D eigenvalue weighted by Gasteiger charge is 2.38. The molecule has 0 saturated carbocycles. The zero-order chi connectivity index (χ0) is 14.9. The molecule has 1 aromatic rings. The van der Waals surface area contributed by atoms with Gasteiger partial charge in [0.15, 0.2) is 0 Å². The van der Waals surface area contributed by atoms with Crippen LogP contribution < -0.4 is 4.72 Å². The lowest BCUT2D eigenvalue weighted by Crippen LogP contribution is -2.42. The lowest BCUT2D eigenvalue weighted by atomic mass is 10.1. The number of benzene rings is 1. The molecule has 2 aliphatic rings. The van der Waals surface area contributed by atoms with Gasteiger partial charge in [-0.25, -0.2) is 13.1 Å². The smallest absolute Gasteiger partial charge is 0.216 e. The highest BCUT2D eigenvalue weighted by atomic mass is 32.2. The molecule has 1 aromatic carbocycles. The Morgan fingerprint density at radius 3 is 2.57 bits per heavy atom. The molecular weight excluding hydrogens is 288 g/mol. The predicted molar refractivity (Wildman–Crippen MR) is 81.1 cm³/mol. The average molecular weight is 310 g/mol. The minimum Gasteiger partial charge on any atom is -0.392 e. The van der Waals surface area contributed by atoms with Crippen LogP contribution in [0.3, 0.4) is 0 Å². The largest absolute Gasteiger partial charge is 0.392 e. The Hall–Kier alpha value is -0.950. The van der Waals surface area contributed by atoms with Crippen LogP contribution in [0.25, 0.3) is 0 Å². The second kappa shape index (κ2) is 6.04. The summed E-state index contributed by atoms with van der Waals surface area (Å²) in [6.07, 6.45) is 3.18. The van der Waals surface area contributed by atoms with Crippen molar-refractivity contribution in [3.05, 3.63) is 35.4 Å². The van der Waals surface area contributed by atoms with Gasteiger partial charge in [-0.05, 0) is 36.9 Å². The fraction of sp³-hybridized carbons (Fsp3) is 0.600. The van der Waals surface area contributed by atoms with Crippen LogP contribution in [0.2, 0.25) is 0 Å². The maximum Gasteiger partial charge on any atom is 0.216 e. The van der Waals surface area contributed by atoms with E-state index in [4.69, 9.17) is 5.11 Å². The zero-order valence-electron chi connectivity index (χ0n) is 12.0. The number of nitrogens with one attached hydrogen (secondary N) is 1. The van der Waals surface area contributed by atoms with Crippen LogP contribution in [0, 0.1) is 0 Å². The van der Waals surface area contributed by atoms with Gasteiger partial charge in [0.1, 0.15) is 0 Å². The summed E-state index contributed by atoms with van der Waals surface area (Å²) in [5, 5.41) is 9.00. The van der Waals surface area contributed by atoms with Gasteiger partial charge in [-0.1, -0.05) is 24.3 Å². The Morgan fingerprint density at radius 2 is 1.86 bits per heavy atom. The normalized spacial score (nSPS) is 26.1. The van der Waals surface area contributed by atoms with Crippen molar-refractivity contribution >= 4 is 10.0 Å². The van der Waals surface area contributed by atoms with Crippen molar-refractivity contribution in [2.45, 2.75) is 43.7 Å². The minimum atomic E-state index is -3.32. The summed E-state index contributed by atoms with van der Waals surface area (Å²) >= 11 is 0. The number of nitrogens with zero attached hydrogens (tertiary/aromatic N) is 1. The molecule has 0 spiro atoms. The van der Waals surface area contributed by atoms with E-state index < -0.39 is 10.0 Å². The number of rotatable bonds is 5. The summed E-state index contributed by atoms with van der Waals surface area (Å²) in [5.41, 5.74) is 1.54. The molecule has 21 heavy (non-hydrogen) atoms. The Bertz CT molecular complexity index is 585. The van der Waals surface area contributed by atoms with Gasteiger partial charge in [-0.3, -0.25) is 4.90 Å². The van der Waals surface area contributed by atoms with E-state index in [2.05, 4.69) is 9.62 Å². The van der Waals surface area contributed by atoms with Crippen molar-refractivity contribution in [2.24, 2.45) is 0 Å². The van der Waals surface area contributed by atoms with Crippen LogP contribution in [-0.4, -0.2) is 43.6 Å². The first-order chi connectivity index (χ1) is 10.1. The third-order valence-electron chi connectivity index (χ3n) is 4.50. The van der Waals surface area contributed by atoms with Gasteiger partial charge in [-0.2, -0.15) is 0 Å². The summed E-state index contributed by atoms with van der Waals surface area (Å²) in [7, 11) is -3.32. The minimum absolute atomic E-state index is 0.00191. The van der Waals surface area contributed by atoms with Gasteiger partial charge in [0.25, 0.3) is 0 Å². The van der Waals surface area contributed by atoms with Crippen molar-refractivity contribution in [1.29, 1.82) is 0 Å². The number of hydrogen-bond acceptors (Lipinski definition) is 4. The molecule has 2 N–H and O–H groups in total. The molecule has 2 fully saturated rings. The van der Waals surface area contributed by atoms with E-state index in [0.29, 0.717) is 6.04 Å². The number of aliphatic hydroxyl groups is 1. The van der Waals surface area contributed by atoms with Gasteiger partial charge >= 0.3 is 0 Å². The predicted octanol–water partition coefficient (Wildman–Crippen LogP) is 0.835. The fourth-order valence-corrected chi connectivity index (χ4v) is 4.90. The molecule has 116 valence electrons. The number of fused-ring (bicyclic) bond motifs is 1. The van der Waals surface area contributed by atoms with E-state index in [9.17, 15) is 8.42 Å². The third kappa shape index (κ3) is 3.45. The fourth-order valence-electron chi connectivity index (χ4n) is 3.45. The Kier molecular flexibility index (Phi) is 4.31. The maximum atomic E-state index is 12.3. The van der Waals surface area contributed by atoms with Crippen LogP contribution in [-0.2, 0) is 22.4 Å². The lowest BCUT2D eigenvalue weighted by molar-refractivity contribution is 0.282. The third-order valence-corrected chi connectivity index (χ3v) is 5.87. The molecular formula is C15H22N2O3S. The molecule has 0 bridgehead atoms. The number of hydrogen-bond donors (Lipinski definition) is 2. The monoisotopic (exact) mass is 310 g/mol. The van der Waals surface area contributed by atoms with Crippen molar-refractivity contribution in [3.63, 3.8) is 0 Å². The molecule has 3 rings (SSSR count). The van der Waals surface area contributed by atoms with E-state index in [1.807, 2.05) is 0 Å². The first kappa shape index (κ1) is 15.0. The zero-order valence-corrected chi connectivity index (χ0v) is 12.8. The van der Waals surface area contributed by atoms with Crippen molar-refractivity contribution in [1.82, 2.24) is 9.62 Å². The van der Waals surface area contributed by atoms with Gasteiger partial charge in [0.05, 0.1) is 12.4 Å². The second-order valence-corrected chi connectivity index (χ2v) is 7.75. The van der Waals surface area contributed by atoms with E-state index in [0.717, 1.165) is 37.1 Å². The molecule has 0 radical (unpaired) electrons. The van der Waals surface area contributed by atoms with E-state index >= 15 is 0 Å². The number of sulfonamides is 1. The lowest BCUT2D eigenvalue weighted by Gasteiger charge is -2.21. The van der Waals surface area contributed by atoms with Crippen molar-refractivity contribution in [2.75, 3.05) is 13.1 Å². The van der Waals surface area contributed by atoms with E-state index in [1.54, 1.807) is 24.3 Å². The topological polar surface area (TPSA) is 69.6 Å². The van der Waals surface area contributed by atoms with Crippen molar-refractivity contribution in [3.8, 4) is 0 Å². The summed E-state index contributed by atoms with van der Waals surface area (Å²) in [4.78, 5) is 2.39. The Labute approximate surface area is 126 Å². The van der Waals surface area contributed by atoms with Crippen molar-refractivity contribution < 1.29 is 13.5 Å². The Morgan fingerprint density at radius 1 is 1.14 bits per heavy atom. The first-order valence-electron chi connectivity index (χ1n) is 7.50. The average Bonchev–Trinajstić information content (AvgIpc) is 3.04. The molecule has 2 unspecified atom stereocenters. The molecule has 2 saturated heterocycles. The van der Waals surface area contributed by atoms with Gasteiger partial charge in [0, 0.05) is 18.6 Å². The maximum absolute atomic E-state index is 12.3. The highest BCUT2D eigenvalue weighted by Crippen LogP contribution is 2.28. The van der Waals surface area contributed by atoms with Crippen LogP contribution in [0.15, 0.2) is 24.3 Å². The number of aliphatic hydroxyl groups excluding tert-OH is 1. The highest BCUT2D eigenvalue weighted by molar-refractivity contribution is 7.88. The molecule has 6 heteroatoms. The molecule has 0 aliphatic carbocycles. The Balaban J connectivity index is 1.63. The molecule has 2 heterocycles. The van der Waals surface area contributed by atoms with Crippen LogP contribution >= 0.6 is 0 Å². The van der Waals surface area contributed by atoms with Crippen LogP contribution in [0.5, 0.6) is 0 Å². The van der Waals surface area contributed by atoms with E-state index in [1.165, 1.54) is 6.42 Å². The van der Waals surface area contributed by atoms with Gasteiger partial charge in [0.2, 0.25) is 10.0 Å². The molecule has 2 atom stereocenters. The van der Waals surface area contributed by atoms with Gasteiger partial charge < -0.3 is 5.11 Å². The van der Waals surface area contributed by atoms with Crippen LogP contribution in [0.1, 0.15) is 30.4 Å². The standard InChI is InChI=1S/C15H22N2O3S/c18-10-12-3-5-13(6-4-12)11-21(19,20)16-14-7-9-17-8-1-2-15(14)17/h3-6,14-16,18H,1-2,7-11H2. The summed E-state index contributed by atoms with van der Waals surface area (Å²) in [5.74, 6) is 0.00191. The van der Waals surface area contributed by atoms with Gasteiger partial charge in [-0.15, -0.1) is 0 Å². The molecule has 2 aliphatic heterocycles. The first-order valence-corrected chi connectivity index (χ1v) is 9.15. The second-order valence-electron chi connectivity index (χ2n) is 5.99.